The van der Waals surface area contributed by atoms with Gasteiger partial charge >= 0.3 is 0 Å². The molecule has 0 radical (unpaired) electrons. The third kappa shape index (κ3) is 3.03. The van der Waals surface area contributed by atoms with Gasteiger partial charge in [-0.25, -0.2) is 0 Å². The van der Waals surface area contributed by atoms with E-state index in [0.29, 0.717) is 6.54 Å². The van der Waals surface area contributed by atoms with Gasteiger partial charge in [-0.05, 0) is 61.2 Å². The number of fused-ring (bicyclic) bond motifs is 2. The summed E-state index contributed by atoms with van der Waals surface area (Å²) in [5, 5.41) is 4.21. The Labute approximate surface area is 158 Å². The molecule has 3 aromatic rings. The number of aromatic nitrogens is 1. The van der Waals surface area contributed by atoms with Crippen LogP contribution in [0.2, 0.25) is 0 Å². The van der Waals surface area contributed by atoms with Crippen LogP contribution < -0.4 is 14.8 Å². The molecule has 5 nitrogen and oxygen atoms in total. The highest BCUT2D eigenvalue weighted by molar-refractivity contribution is 6.01. The normalized spacial score (nSPS) is 12.6. The fourth-order valence-corrected chi connectivity index (χ4v) is 3.73. The quantitative estimate of drug-likeness (QED) is 0.738. The number of rotatable bonds is 5. The Balaban J connectivity index is 1.61. The average molecular weight is 364 g/mol. The third-order valence-corrected chi connectivity index (χ3v) is 5.21. The number of benzene rings is 2. The lowest BCUT2D eigenvalue weighted by atomic mass is 10.1. The van der Waals surface area contributed by atoms with Gasteiger partial charge in [-0.3, -0.25) is 4.79 Å². The monoisotopic (exact) mass is 364 g/mol. The number of hydrogen-bond acceptors (Lipinski definition) is 3. The summed E-state index contributed by atoms with van der Waals surface area (Å²) in [6.45, 7) is 7.70. The first kappa shape index (κ1) is 17.5. The summed E-state index contributed by atoms with van der Waals surface area (Å²) in [5.41, 5.74) is 5.15. The number of carbonyl (C=O) groups excluding carboxylic acids is 1. The van der Waals surface area contributed by atoms with E-state index in [-0.39, 0.29) is 12.7 Å². The predicted octanol–water partition coefficient (Wildman–Crippen LogP) is 4.19. The van der Waals surface area contributed by atoms with Gasteiger partial charge in [0, 0.05) is 24.0 Å². The molecule has 1 aromatic heterocycles. The van der Waals surface area contributed by atoms with Gasteiger partial charge in [0.2, 0.25) is 6.79 Å². The van der Waals surface area contributed by atoms with Crippen LogP contribution in [-0.2, 0) is 19.5 Å². The number of nitrogens with one attached hydrogen (secondary N) is 1. The van der Waals surface area contributed by atoms with Gasteiger partial charge in [-0.2, -0.15) is 0 Å². The molecule has 0 fully saturated rings. The maximum atomic E-state index is 13.0. The molecular formula is C22H24N2O3. The summed E-state index contributed by atoms with van der Waals surface area (Å²) in [6, 6.07) is 12.2. The standard InChI is InChI=1S/C22H24N2O3/c1-4-15-6-8-18-17(10-15)14(3)21(24(18)5-2)22(25)23-12-16-7-9-19-20(11-16)27-13-26-19/h6-11H,4-5,12-13H2,1-3H3,(H,23,25). The molecule has 0 saturated heterocycles. The van der Waals surface area contributed by atoms with Gasteiger partial charge in [-0.1, -0.05) is 19.1 Å². The van der Waals surface area contributed by atoms with E-state index in [9.17, 15) is 4.79 Å². The molecule has 2 aromatic carbocycles. The van der Waals surface area contributed by atoms with Gasteiger partial charge in [0.1, 0.15) is 5.69 Å². The van der Waals surface area contributed by atoms with E-state index in [1.165, 1.54) is 5.56 Å². The number of ether oxygens (including phenoxy) is 2. The molecule has 1 aliphatic rings. The average Bonchev–Trinajstić information content (AvgIpc) is 3.27. The third-order valence-electron chi connectivity index (χ3n) is 5.21. The number of aryl methyl sites for hydroxylation is 3. The lowest BCUT2D eigenvalue weighted by Crippen LogP contribution is -2.26. The first-order valence-corrected chi connectivity index (χ1v) is 9.40. The Morgan fingerprint density at radius 1 is 1.07 bits per heavy atom. The molecule has 0 saturated carbocycles. The minimum Gasteiger partial charge on any atom is -0.454 e. The van der Waals surface area contributed by atoms with Crippen molar-refractivity contribution in [3.05, 3.63) is 58.8 Å². The predicted molar refractivity (Wildman–Crippen MR) is 105 cm³/mol. The molecule has 1 aliphatic heterocycles. The number of hydrogen-bond donors (Lipinski definition) is 1. The van der Waals surface area contributed by atoms with E-state index >= 15 is 0 Å². The van der Waals surface area contributed by atoms with Crippen LogP contribution in [-0.4, -0.2) is 17.3 Å². The van der Waals surface area contributed by atoms with Crippen LogP contribution in [0.25, 0.3) is 10.9 Å². The minimum atomic E-state index is -0.0544. The van der Waals surface area contributed by atoms with Gasteiger partial charge in [0.05, 0.1) is 0 Å². The number of nitrogens with zero attached hydrogens (tertiary/aromatic N) is 1. The summed E-state index contributed by atoms with van der Waals surface area (Å²) >= 11 is 0. The van der Waals surface area contributed by atoms with Crippen LogP contribution in [0.4, 0.5) is 0 Å². The highest BCUT2D eigenvalue weighted by Crippen LogP contribution is 2.32. The van der Waals surface area contributed by atoms with Crippen molar-refractivity contribution in [3.8, 4) is 11.5 Å². The molecule has 4 rings (SSSR count). The van der Waals surface area contributed by atoms with Crippen LogP contribution in [0.3, 0.4) is 0 Å². The van der Waals surface area contributed by atoms with E-state index in [1.807, 2.05) is 25.1 Å². The maximum absolute atomic E-state index is 13.0. The van der Waals surface area contributed by atoms with E-state index in [1.54, 1.807) is 0 Å². The second kappa shape index (κ2) is 6.99. The number of carbonyl (C=O) groups is 1. The number of amides is 1. The lowest BCUT2D eigenvalue weighted by molar-refractivity contribution is 0.0941. The molecule has 1 amide bonds. The van der Waals surface area contributed by atoms with Crippen molar-refractivity contribution < 1.29 is 14.3 Å². The zero-order chi connectivity index (χ0) is 19.0. The Morgan fingerprint density at radius 3 is 2.63 bits per heavy atom. The van der Waals surface area contributed by atoms with Gasteiger partial charge < -0.3 is 19.4 Å². The Kier molecular flexibility index (Phi) is 4.52. The van der Waals surface area contributed by atoms with E-state index in [2.05, 4.69) is 41.9 Å². The molecule has 1 N–H and O–H groups in total. The molecule has 140 valence electrons. The van der Waals surface area contributed by atoms with E-state index in [4.69, 9.17) is 9.47 Å². The minimum absolute atomic E-state index is 0.0544. The Morgan fingerprint density at radius 2 is 1.85 bits per heavy atom. The highest BCUT2D eigenvalue weighted by atomic mass is 16.7. The van der Waals surface area contributed by atoms with Crippen LogP contribution in [0.15, 0.2) is 36.4 Å². The van der Waals surface area contributed by atoms with Crippen molar-refractivity contribution in [1.82, 2.24) is 9.88 Å². The summed E-state index contributed by atoms with van der Waals surface area (Å²) in [5.74, 6) is 1.42. The molecule has 2 heterocycles. The lowest BCUT2D eigenvalue weighted by Gasteiger charge is -2.10. The molecule has 0 atom stereocenters. The smallest absolute Gasteiger partial charge is 0.268 e. The summed E-state index contributed by atoms with van der Waals surface area (Å²) in [6.07, 6.45) is 0.984. The van der Waals surface area contributed by atoms with E-state index in [0.717, 1.165) is 52.2 Å². The van der Waals surface area contributed by atoms with Crippen molar-refractivity contribution in [2.45, 2.75) is 40.3 Å². The van der Waals surface area contributed by atoms with Crippen molar-refractivity contribution in [1.29, 1.82) is 0 Å². The SMILES string of the molecule is CCc1ccc2c(c1)c(C)c(C(=O)NCc1ccc3c(c1)OCO3)n2CC. The fraction of sp³-hybridized carbons (Fsp3) is 0.318. The summed E-state index contributed by atoms with van der Waals surface area (Å²) in [4.78, 5) is 13.0. The second-order valence-corrected chi connectivity index (χ2v) is 6.79. The van der Waals surface area contributed by atoms with E-state index < -0.39 is 0 Å². The highest BCUT2D eigenvalue weighted by Gasteiger charge is 2.20. The largest absolute Gasteiger partial charge is 0.454 e. The van der Waals surface area contributed by atoms with Gasteiger partial charge in [0.25, 0.3) is 5.91 Å². The van der Waals surface area contributed by atoms with Crippen LogP contribution in [0.5, 0.6) is 11.5 Å². The first-order valence-electron chi connectivity index (χ1n) is 9.40. The van der Waals surface area contributed by atoms with Crippen molar-refractivity contribution in [3.63, 3.8) is 0 Å². The molecular weight excluding hydrogens is 340 g/mol. The Bertz CT molecular complexity index is 1020. The van der Waals surface area contributed by atoms with Crippen LogP contribution in [0.1, 0.15) is 41.0 Å². The Hall–Kier alpha value is -2.95. The van der Waals surface area contributed by atoms with Crippen LogP contribution in [0, 0.1) is 6.92 Å². The van der Waals surface area contributed by atoms with Crippen molar-refractivity contribution in [2.75, 3.05) is 6.79 Å². The zero-order valence-corrected chi connectivity index (χ0v) is 16.0. The summed E-state index contributed by atoms with van der Waals surface area (Å²) < 4.78 is 12.8. The first-order chi connectivity index (χ1) is 13.1. The molecule has 0 aliphatic carbocycles. The van der Waals surface area contributed by atoms with Gasteiger partial charge in [0.15, 0.2) is 11.5 Å². The molecule has 0 unspecified atom stereocenters. The topological polar surface area (TPSA) is 52.5 Å². The molecule has 0 spiro atoms. The molecule has 5 heteroatoms. The maximum Gasteiger partial charge on any atom is 0.268 e. The molecule has 0 bridgehead atoms. The fourth-order valence-electron chi connectivity index (χ4n) is 3.73. The van der Waals surface area contributed by atoms with Crippen molar-refractivity contribution >= 4 is 16.8 Å². The van der Waals surface area contributed by atoms with Crippen molar-refractivity contribution in [2.24, 2.45) is 0 Å². The van der Waals surface area contributed by atoms with Gasteiger partial charge in [-0.15, -0.1) is 0 Å². The summed E-state index contributed by atoms with van der Waals surface area (Å²) in [7, 11) is 0. The van der Waals surface area contributed by atoms with Crippen LogP contribution >= 0.6 is 0 Å². The zero-order valence-electron chi connectivity index (χ0n) is 16.0. The molecule has 27 heavy (non-hydrogen) atoms. The second-order valence-electron chi connectivity index (χ2n) is 6.79.